The average molecular weight is 565 g/mol. The van der Waals surface area contributed by atoms with Gasteiger partial charge in [0.2, 0.25) is 0 Å². The summed E-state index contributed by atoms with van der Waals surface area (Å²) in [7, 11) is 0. The van der Waals surface area contributed by atoms with Gasteiger partial charge in [0.15, 0.2) is 5.82 Å². The molecule has 3 aromatic carbocycles. The fourth-order valence-corrected chi connectivity index (χ4v) is 4.97. The number of nitrogens with one attached hydrogen (secondary N) is 3. The number of aromatic amines is 1. The summed E-state index contributed by atoms with van der Waals surface area (Å²) in [5.74, 6) is -0.423. The Kier molecular flexibility index (Phi) is 7.72. The highest BCUT2D eigenvalue weighted by molar-refractivity contribution is 6.08. The van der Waals surface area contributed by atoms with Crippen LogP contribution in [0.4, 0.5) is 15.8 Å². The minimum atomic E-state index is -0.648. The van der Waals surface area contributed by atoms with Crippen LogP contribution in [0.15, 0.2) is 85.2 Å². The molecule has 0 aliphatic carbocycles. The topological polar surface area (TPSA) is 112 Å². The Hall–Kier alpha value is -4.93. The number of benzene rings is 3. The van der Waals surface area contributed by atoms with Gasteiger partial charge >= 0.3 is 0 Å². The predicted molar refractivity (Wildman–Crippen MR) is 160 cm³/mol. The molecule has 9 nitrogen and oxygen atoms in total. The second-order valence-electron chi connectivity index (χ2n) is 9.94. The van der Waals surface area contributed by atoms with Crippen LogP contribution in [-0.4, -0.2) is 59.1 Å². The Morgan fingerprint density at radius 3 is 2.60 bits per heavy atom. The lowest BCUT2D eigenvalue weighted by atomic mass is 10.0. The van der Waals surface area contributed by atoms with Crippen LogP contribution in [0.1, 0.15) is 17.3 Å². The molecule has 0 radical (unpaired) electrons. The van der Waals surface area contributed by atoms with E-state index in [0.29, 0.717) is 66.0 Å². The van der Waals surface area contributed by atoms with Crippen LogP contribution < -0.4 is 15.5 Å². The molecule has 0 saturated carbocycles. The summed E-state index contributed by atoms with van der Waals surface area (Å²) in [4.78, 5) is 40.8. The minimum Gasteiger partial charge on any atom is -0.366 e. The molecular weight excluding hydrogens is 535 g/mol. The van der Waals surface area contributed by atoms with E-state index in [4.69, 9.17) is 4.74 Å². The maximum Gasteiger partial charge on any atom is 0.258 e. The van der Waals surface area contributed by atoms with E-state index in [0.717, 1.165) is 10.8 Å². The summed E-state index contributed by atoms with van der Waals surface area (Å²) in [6.07, 6.45) is 2.83. The van der Waals surface area contributed by atoms with E-state index in [1.165, 1.54) is 12.1 Å². The Morgan fingerprint density at radius 1 is 1.02 bits per heavy atom. The average Bonchev–Trinajstić information content (AvgIpc) is 3.53. The summed E-state index contributed by atoms with van der Waals surface area (Å²) >= 11 is 0. The molecule has 1 aliphatic rings. The number of anilines is 2. The van der Waals surface area contributed by atoms with Crippen LogP contribution in [0.2, 0.25) is 0 Å². The molecule has 1 fully saturated rings. The molecule has 6 rings (SSSR count). The zero-order valence-corrected chi connectivity index (χ0v) is 22.9. The van der Waals surface area contributed by atoms with E-state index >= 15 is 0 Å². The SMILES string of the molecule is CCN(C(=O)c1cc(NC(=O)C2CNCCO2)cc(-c2cnc(-c3cc4ccccc4cn3)[nH]2)c1)c1ccc(F)cc1. The third-order valence-corrected chi connectivity index (χ3v) is 7.13. The smallest absolute Gasteiger partial charge is 0.258 e. The summed E-state index contributed by atoms with van der Waals surface area (Å²) < 4.78 is 19.2. The molecule has 42 heavy (non-hydrogen) atoms. The number of fused-ring (bicyclic) bond motifs is 1. The summed E-state index contributed by atoms with van der Waals surface area (Å²) in [5, 5.41) is 8.12. The molecule has 2 amide bonds. The highest BCUT2D eigenvalue weighted by atomic mass is 19.1. The molecule has 2 aromatic heterocycles. The predicted octanol–water partition coefficient (Wildman–Crippen LogP) is 5.02. The van der Waals surface area contributed by atoms with E-state index in [2.05, 4.69) is 25.6 Å². The maximum atomic E-state index is 13.8. The number of hydrogen-bond donors (Lipinski definition) is 3. The van der Waals surface area contributed by atoms with Gasteiger partial charge in [-0.1, -0.05) is 24.3 Å². The lowest BCUT2D eigenvalue weighted by Gasteiger charge is -2.24. The second-order valence-corrected chi connectivity index (χ2v) is 9.94. The molecule has 5 aromatic rings. The lowest BCUT2D eigenvalue weighted by molar-refractivity contribution is -0.128. The van der Waals surface area contributed by atoms with Crippen molar-refractivity contribution in [1.82, 2.24) is 20.3 Å². The number of H-pyrrole nitrogens is 1. The van der Waals surface area contributed by atoms with Gasteiger partial charge in [0.05, 0.1) is 18.5 Å². The van der Waals surface area contributed by atoms with Crippen molar-refractivity contribution in [2.45, 2.75) is 13.0 Å². The lowest BCUT2D eigenvalue weighted by Crippen LogP contribution is -2.45. The largest absolute Gasteiger partial charge is 0.366 e. The van der Waals surface area contributed by atoms with Crippen molar-refractivity contribution < 1.29 is 18.7 Å². The van der Waals surface area contributed by atoms with Gasteiger partial charge in [0, 0.05) is 53.7 Å². The van der Waals surface area contributed by atoms with Crippen molar-refractivity contribution in [3.63, 3.8) is 0 Å². The summed E-state index contributed by atoms with van der Waals surface area (Å²) in [5.41, 5.74) is 3.31. The fraction of sp³-hybridized carbons (Fsp3) is 0.188. The first kappa shape index (κ1) is 27.3. The molecule has 0 bridgehead atoms. The van der Waals surface area contributed by atoms with Crippen molar-refractivity contribution in [1.29, 1.82) is 0 Å². The Morgan fingerprint density at radius 2 is 1.83 bits per heavy atom. The number of carbonyl (C=O) groups excluding carboxylic acids is 2. The molecule has 3 N–H and O–H groups in total. The Bertz CT molecular complexity index is 1750. The molecule has 212 valence electrons. The van der Waals surface area contributed by atoms with Crippen molar-refractivity contribution in [3.8, 4) is 22.8 Å². The van der Waals surface area contributed by atoms with Crippen molar-refractivity contribution >= 4 is 34.0 Å². The number of nitrogens with zero attached hydrogens (tertiary/aromatic N) is 3. The molecule has 0 spiro atoms. The monoisotopic (exact) mass is 564 g/mol. The first-order valence-corrected chi connectivity index (χ1v) is 13.7. The number of morpholine rings is 1. The van der Waals surface area contributed by atoms with Crippen LogP contribution in [0.3, 0.4) is 0 Å². The molecule has 1 atom stereocenters. The van der Waals surface area contributed by atoms with Crippen molar-refractivity contribution in [2.75, 3.05) is 36.5 Å². The molecule has 1 aliphatic heterocycles. The molecule has 10 heteroatoms. The number of hydrogen-bond acceptors (Lipinski definition) is 6. The highest BCUT2D eigenvalue weighted by Gasteiger charge is 2.24. The number of halogens is 1. The van der Waals surface area contributed by atoms with Gasteiger partial charge in [-0.25, -0.2) is 9.37 Å². The maximum absolute atomic E-state index is 13.8. The van der Waals surface area contributed by atoms with Crippen molar-refractivity contribution in [3.05, 3.63) is 96.6 Å². The number of rotatable bonds is 7. The quantitative estimate of drug-likeness (QED) is 0.256. The number of imidazole rings is 1. The van der Waals surface area contributed by atoms with Gasteiger partial charge in [-0.3, -0.25) is 14.6 Å². The van der Waals surface area contributed by atoms with E-state index in [-0.39, 0.29) is 17.6 Å². The number of amides is 2. The molecule has 1 unspecified atom stereocenters. The minimum absolute atomic E-state index is 0.298. The van der Waals surface area contributed by atoms with Crippen LogP contribution in [0.25, 0.3) is 33.5 Å². The number of aromatic nitrogens is 3. The van der Waals surface area contributed by atoms with Crippen LogP contribution in [0.5, 0.6) is 0 Å². The summed E-state index contributed by atoms with van der Waals surface area (Å²) in [6, 6.07) is 20.8. The van der Waals surface area contributed by atoms with E-state index < -0.39 is 6.10 Å². The van der Waals surface area contributed by atoms with Crippen molar-refractivity contribution in [2.24, 2.45) is 0 Å². The Balaban J connectivity index is 1.36. The molecular formula is C32H29FN6O3. The van der Waals surface area contributed by atoms with Crippen LogP contribution in [-0.2, 0) is 9.53 Å². The van der Waals surface area contributed by atoms with Crippen LogP contribution >= 0.6 is 0 Å². The molecule has 1 saturated heterocycles. The fourth-order valence-electron chi connectivity index (χ4n) is 4.97. The second kappa shape index (κ2) is 11.9. The first-order chi connectivity index (χ1) is 20.5. The van der Waals surface area contributed by atoms with E-state index in [1.807, 2.05) is 37.3 Å². The van der Waals surface area contributed by atoms with Gasteiger partial charge in [-0.05, 0) is 60.8 Å². The number of carbonyl (C=O) groups is 2. The molecule has 3 heterocycles. The van der Waals surface area contributed by atoms with E-state index in [1.54, 1.807) is 47.6 Å². The van der Waals surface area contributed by atoms with Gasteiger partial charge in [0.1, 0.15) is 17.6 Å². The normalized spacial score (nSPS) is 15.0. The van der Waals surface area contributed by atoms with Gasteiger partial charge in [-0.15, -0.1) is 0 Å². The summed E-state index contributed by atoms with van der Waals surface area (Å²) in [6.45, 7) is 3.72. The number of pyridine rings is 1. The van der Waals surface area contributed by atoms with Gasteiger partial charge in [-0.2, -0.15) is 0 Å². The highest BCUT2D eigenvalue weighted by Crippen LogP contribution is 2.29. The standard InChI is InChI=1S/C32H29FN6O3/c1-2-39(26-9-7-24(33)8-10-26)32(41)23-13-22(14-25(15-23)37-31(40)29-19-34-11-12-42-29)28-18-36-30(38-28)27-16-20-5-3-4-6-21(20)17-35-27/h3-10,13-18,29,34H,2,11-12,19H2,1H3,(H,36,38)(H,37,40). The zero-order valence-electron chi connectivity index (χ0n) is 22.9. The van der Waals surface area contributed by atoms with E-state index in [9.17, 15) is 14.0 Å². The third kappa shape index (κ3) is 5.76. The van der Waals surface area contributed by atoms with Gasteiger partial charge in [0.25, 0.3) is 11.8 Å². The third-order valence-electron chi connectivity index (χ3n) is 7.13. The number of ether oxygens (including phenoxy) is 1. The Labute approximate surface area is 241 Å². The first-order valence-electron chi connectivity index (χ1n) is 13.7. The van der Waals surface area contributed by atoms with Crippen LogP contribution in [0, 0.1) is 5.82 Å². The zero-order chi connectivity index (χ0) is 29.1. The van der Waals surface area contributed by atoms with Gasteiger partial charge < -0.3 is 25.3 Å².